The molecule has 1 heterocycles. The van der Waals surface area contributed by atoms with Crippen LogP contribution in [0.25, 0.3) is 0 Å². The number of hydrogen-bond acceptors (Lipinski definition) is 2. The van der Waals surface area contributed by atoms with Crippen molar-refractivity contribution in [1.29, 1.82) is 5.26 Å². The van der Waals surface area contributed by atoms with Gasteiger partial charge in [0.15, 0.2) is 0 Å². The molecule has 1 saturated carbocycles. The summed E-state index contributed by atoms with van der Waals surface area (Å²) in [5.74, 6) is 0.857. The van der Waals surface area contributed by atoms with Gasteiger partial charge in [-0.15, -0.1) is 0 Å². The van der Waals surface area contributed by atoms with Gasteiger partial charge in [0.25, 0.3) is 0 Å². The van der Waals surface area contributed by atoms with E-state index in [1.165, 1.54) is 0 Å². The van der Waals surface area contributed by atoms with Gasteiger partial charge in [0.05, 0.1) is 6.07 Å². The Morgan fingerprint density at radius 2 is 2.33 bits per heavy atom. The molecule has 0 aromatic carbocycles. The van der Waals surface area contributed by atoms with E-state index in [1.807, 2.05) is 0 Å². The van der Waals surface area contributed by atoms with Crippen LogP contribution in [-0.4, -0.2) is 11.9 Å². The minimum Gasteiger partial charge on any atom is -0.353 e. The SMILES string of the molecule is N#CC1CCC2CC(=O)NC2C1. The van der Waals surface area contributed by atoms with Gasteiger partial charge in [-0.2, -0.15) is 5.26 Å². The Balaban J connectivity index is 2.02. The summed E-state index contributed by atoms with van der Waals surface area (Å²) in [7, 11) is 0. The predicted molar refractivity (Wildman–Crippen MR) is 43.0 cm³/mol. The second-order valence-electron chi connectivity index (χ2n) is 3.78. The highest BCUT2D eigenvalue weighted by Crippen LogP contribution is 2.33. The van der Waals surface area contributed by atoms with Crippen molar-refractivity contribution in [1.82, 2.24) is 5.32 Å². The third kappa shape index (κ3) is 1.18. The monoisotopic (exact) mass is 164 g/mol. The first-order valence-corrected chi connectivity index (χ1v) is 4.48. The molecule has 64 valence electrons. The van der Waals surface area contributed by atoms with Crippen molar-refractivity contribution in [3.8, 4) is 6.07 Å². The van der Waals surface area contributed by atoms with Crippen LogP contribution in [0.15, 0.2) is 0 Å². The Morgan fingerprint density at radius 1 is 1.50 bits per heavy atom. The van der Waals surface area contributed by atoms with E-state index in [-0.39, 0.29) is 11.8 Å². The summed E-state index contributed by atoms with van der Waals surface area (Å²) in [6.45, 7) is 0. The largest absolute Gasteiger partial charge is 0.353 e. The molecule has 1 aliphatic heterocycles. The van der Waals surface area contributed by atoms with Crippen LogP contribution in [0.3, 0.4) is 0 Å². The van der Waals surface area contributed by atoms with Crippen molar-refractivity contribution in [2.45, 2.75) is 31.7 Å². The molecule has 0 spiro atoms. The van der Waals surface area contributed by atoms with Gasteiger partial charge in [-0.1, -0.05) is 0 Å². The maximum Gasteiger partial charge on any atom is 0.220 e. The minimum absolute atomic E-state index is 0.170. The molecule has 1 N–H and O–H groups in total. The topological polar surface area (TPSA) is 52.9 Å². The summed E-state index contributed by atoms with van der Waals surface area (Å²) >= 11 is 0. The van der Waals surface area contributed by atoms with E-state index in [1.54, 1.807) is 0 Å². The molecule has 12 heavy (non-hydrogen) atoms. The Hall–Kier alpha value is -1.04. The van der Waals surface area contributed by atoms with E-state index >= 15 is 0 Å². The van der Waals surface area contributed by atoms with Gasteiger partial charge in [-0.3, -0.25) is 4.79 Å². The van der Waals surface area contributed by atoms with Crippen LogP contribution >= 0.6 is 0 Å². The third-order valence-electron chi connectivity index (χ3n) is 2.97. The molecule has 2 aliphatic rings. The number of amides is 1. The minimum atomic E-state index is 0.170. The molecule has 3 nitrogen and oxygen atoms in total. The molecule has 2 rings (SSSR count). The fraction of sp³-hybridized carbons (Fsp3) is 0.778. The molecular weight excluding hydrogens is 152 g/mol. The maximum absolute atomic E-state index is 11.0. The summed E-state index contributed by atoms with van der Waals surface area (Å²) in [6, 6.07) is 2.58. The zero-order chi connectivity index (χ0) is 8.55. The second-order valence-corrected chi connectivity index (χ2v) is 3.78. The molecule has 1 amide bonds. The molecule has 0 bridgehead atoms. The molecular formula is C9H12N2O. The van der Waals surface area contributed by atoms with Crippen molar-refractivity contribution < 1.29 is 4.79 Å². The Kier molecular flexibility index (Phi) is 1.76. The summed E-state index contributed by atoms with van der Waals surface area (Å²) in [5, 5.41) is 11.6. The highest BCUT2D eigenvalue weighted by molar-refractivity contribution is 5.79. The lowest BCUT2D eigenvalue weighted by Crippen LogP contribution is -2.34. The van der Waals surface area contributed by atoms with Crippen molar-refractivity contribution in [3.05, 3.63) is 0 Å². The van der Waals surface area contributed by atoms with Crippen molar-refractivity contribution in [3.63, 3.8) is 0 Å². The molecule has 1 aliphatic carbocycles. The standard InChI is InChI=1S/C9H12N2O/c10-5-6-1-2-7-4-9(12)11-8(7)3-6/h6-8H,1-4H2,(H,11,12). The number of carbonyl (C=O) groups is 1. The zero-order valence-electron chi connectivity index (χ0n) is 6.92. The normalized spacial score (nSPS) is 39.9. The van der Waals surface area contributed by atoms with Gasteiger partial charge in [0, 0.05) is 18.4 Å². The van der Waals surface area contributed by atoms with E-state index in [2.05, 4.69) is 11.4 Å². The van der Waals surface area contributed by atoms with Gasteiger partial charge >= 0.3 is 0 Å². The fourth-order valence-electron chi connectivity index (χ4n) is 2.28. The van der Waals surface area contributed by atoms with Gasteiger partial charge in [0.2, 0.25) is 5.91 Å². The molecule has 0 radical (unpaired) electrons. The molecule has 0 aromatic heterocycles. The fourth-order valence-corrected chi connectivity index (χ4v) is 2.28. The lowest BCUT2D eigenvalue weighted by molar-refractivity contribution is -0.119. The average molecular weight is 164 g/mol. The molecule has 0 aromatic rings. The maximum atomic E-state index is 11.0. The van der Waals surface area contributed by atoms with E-state index in [9.17, 15) is 4.79 Å². The lowest BCUT2D eigenvalue weighted by Gasteiger charge is -2.26. The lowest BCUT2D eigenvalue weighted by atomic mass is 9.80. The van der Waals surface area contributed by atoms with E-state index in [4.69, 9.17) is 5.26 Å². The van der Waals surface area contributed by atoms with Gasteiger partial charge in [0.1, 0.15) is 0 Å². The van der Waals surface area contributed by atoms with Crippen LogP contribution < -0.4 is 5.32 Å². The highest BCUT2D eigenvalue weighted by Gasteiger charge is 2.37. The number of carbonyl (C=O) groups excluding carboxylic acids is 1. The van der Waals surface area contributed by atoms with E-state index < -0.39 is 0 Å². The third-order valence-corrected chi connectivity index (χ3v) is 2.97. The summed E-state index contributed by atoms with van der Waals surface area (Å²) < 4.78 is 0. The molecule has 3 heteroatoms. The number of hydrogen-bond donors (Lipinski definition) is 1. The van der Waals surface area contributed by atoms with Crippen LogP contribution in [0.1, 0.15) is 25.7 Å². The number of rotatable bonds is 0. The van der Waals surface area contributed by atoms with Crippen LogP contribution in [0.5, 0.6) is 0 Å². The summed E-state index contributed by atoms with van der Waals surface area (Å²) in [6.07, 6.45) is 3.57. The molecule has 3 atom stereocenters. The molecule has 2 fully saturated rings. The quantitative estimate of drug-likeness (QED) is 0.576. The highest BCUT2D eigenvalue weighted by atomic mass is 16.2. The summed E-state index contributed by atoms with van der Waals surface area (Å²) in [5.41, 5.74) is 0. The molecule has 1 saturated heterocycles. The van der Waals surface area contributed by atoms with Crippen LogP contribution in [-0.2, 0) is 4.79 Å². The van der Waals surface area contributed by atoms with E-state index in [0.29, 0.717) is 18.4 Å². The smallest absolute Gasteiger partial charge is 0.220 e. The molecule has 3 unspecified atom stereocenters. The number of fused-ring (bicyclic) bond motifs is 1. The van der Waals surface area contributed by atoms with Gasteiger partial charge < -0.3 is 5.32 Å². The second kappa shape index (κ2) is 2.78. The van der Waals surface area contributed by atoms with Crippen LogP contribution in [0.2, 0.25) is 0 Å². The first-order valence-electron chi connectivity index (χ1n) is 4.48. The number of nitrogens with zero attached hydrogens (tertiary/aromatic N) is 1. The number of nitrogens with one attached hydrogen (secondary N) is 1. The predicted octanol–water partition coefficient (Wildman–Crippen LogP) is 0.815. The van der Waals surface area contributed by atoms with Crippen molar-refractivity contribution in [2.24, 2.45) is 11.8 Å². The Labute approximate surface area is 71.8 Å². The summed E-state index contributed by atoms with van der Waals surface area (Å²) in [4.78, 5) is 11.0. The van der Waals surface area contributed by atoms with Crippen LogP contribution in [0.4, 0.5) is 0 Å². The van der Waals surface area contributed by atoms with Crippen molar-refractivity contribution in [2.75, 3.05) is 0 Å². The van der Waals surface area contributed by atoms with E-state index in [0.717, 1.165) is 19.3 Å². The van der Waals surface area contributed by atoms with Crippen LogP contribution in [0, 0.1) is 23.2 Å². The number of nitriles is 1. The zero-order valence-corrected chi connectivity index (χ0v) is 6.92. The Morgan fingerprint density at radius 3 is 3.08 bits per heavy atom. The first kappa shape index (κ1) is 7.60. The van der Waals surface area contributed by atoms with Gasteiger partial charge in [-0.05, 0) is 25.2 Å². The Bertz CT molecular complexity index is 243. The van der Waals surface area contributed by atoms with Crippen molar-refractivity contribution >= 4 is 5.91 Å². The van der Waals surface area contributed by atoms with Gasteiger partial charge in [-0.25, -0.2) is 0 Å². The average Bonchev–Trinajstić information content (AvgIpc) is 2.43. The first-order chi connectivity index (χ1) is 5.79.